The standard InChI is InChI=1S/C19H26N4O/c1-14-4-6-20-10-17(14)13-22-11-15-8-18(23-7-3-5-21-23)19(24-2)9-16(15)12-22/h3-7,10,15-16,18-19H,8-9,11-13H2,1-2H3/t15-,16+,18-,19-/m0/s1. The molecule has 1 saturated heterocycles. The first kappa shape index (κ1) is 15.8. The lowest BCUT2D eigenvalue weighted by Crippen LogP contribution is -2.37. The number of rotatable bonds is 4. The summed E-state index contributed by atoms with van der Waals surface area (Å²) in [4.78, 5) is 6.89. The van der Waals surface area contributed by atoms with Crippen LogP contribution in [0, 0.1) is 18.8 Å². The van der Waals surface area contributed by atoms with Crippen molar-refractivity contribution in [3.05, 3.63) is 48.0 Å². The Bertz CT molecular complexity index is 672. The highest BCUT2D eigenvalue weighted by molar-refractivity contribution is 5.21. The molecular weight excluding hydrogens is 300 g/mol. The number of hydrogen-bond donors (Lipinski definition) is 0. The number of aromatic nitrogens is 3. The summed E-state index contributed by atoms with van der Waals surface area (Å²) in [6, 6.07) is 4.48. The van der Waals surface area contributed by atoms with Crippen molar-refractivity contribution in [2.24, 2.45) is 11.8 Å². The van der Waals surface area contributed by atoms with Gasteiger partial charge in [-0.25, -0.2) is 0 Å². The molecule has 5 nitrogen and oxygen atoms in total. The Morgan fingerprint density at radius 3 is 2.75 bits per heavy atom. The molecule has 5 heteroatoms. The Morgan fingerprint density at radius 2 is 2.04 bits per heavy atom. The zero-order chi connectivity index (χ0) is 16.5. The van der Waals surface area contributed by atoms with Crippen LogP contribution in [0.25, 0.3) is 0 Å². The lowest BCUT2D eigenvalue weighted by atomic mass is 9.77. The third-order valence-corrected chi connectivity index (χ3v) is 5.87. The van der Waals surface area contributed by atoms with E-state index in [1.54, 1.807) is 0 Å². The van der Waals surface area contributed by atoms with Crippen molar-refractivity contribution in [1.29, 1.82) is 0 Å². The van der Waals surface area contributed by atoms with Crippen LogP contribution in [0.2, 0.25) is 0 Å². The van der Waals surface area contributed by atoms with Gasteiger partial charge in [0.25, 0.3) is 0 Å². The maximum Gasteiger partial charge on any atom is 0.0798 e. The Hall–Kier alpha value is -1.72. The second-order valence-electron chi connectivity index (χ2n) is 7.32. The Labute approximate surface area is 143 Å². The minimum absolute atomic E-state index is 0.270. The number of ether oxygens (including phenoxy) is 1. The van der Waals surface area contributed by atoms with Gasteiger partial charge in [0.1, 0.15) is 0 Å². The number of fused-ring (bicyclic) bond motifs is 1. The molecule has 0 amide bonds. The average molecular weight is 326 g/mol. The van der Waals surface area contributed by atoms with E-state index in [4.69, 9.17) is 4.74 Å². The summed E-state index contributed by atoms with van der Waals surface area (Å²) in [6.07, 6.45) is 10.4. The van der Waals surface area contributed by atoms with Crippen molar-refractivity contribution in [3.63, 3.8) is 0 Å². The lowest BCUT2D eigenvalue weighted by molar-refractivity contribution is -0.00486. The molecule has 3 heterocycles. The van der Waals surface area contributed by atoms with Crippen LogP contribution in [-0.2, 0) is 11.3 Å². The Kier molecular flexibility index (Phi) is 4.37. The highest BCUT2D eigenvalue weighted by Gasteiger charge is 2.43. The van der Waals surface area contributed by atoms with E-state index < -0.39 is 0 Å². The third kappa shape index (κ3) is 2.98. The largest absolute Gasteiger partial charge is 0.379 e. The first-order valence-corrected chi connectivity index (χ1v) is 8.88. The summed E-state index contributed by atoms with van der Waals surface area (Å²) >= 11 is 0. The van der Waals surface area contributed by atoms with E-state index in [-0.39, 0.29) is 6.10 Å². The molecule has 2 aromatic rings. The summed E-state index contributed by atoms with van der Waals surface area (Å²) in [5.74, 6) is 1.47. The van der Waals surface area contributed by atoms with Gasteiger partial charge >= 0.3 is 0 Å². The SMILES string of the molecule is CO[C@H]1C[C@@H]2CN(Cc3cnccc3C)C[C@@H]2C[C@@H]1n1cccn1. The molecule has 0 bridgehead atoms. The molecule has 2 aliphatic rings. The van der Waals surface area contributed by atoms with Crippen LogP contribution in [0.1, 0.15) is 30.0 Å². The molecule has 24 heavy (non-hydrogen) atoms. The van der Waals surface area contributed by atoms with Crippen molar-refractivity contribution in [2.75, 3.05) is 20.2 Å². The van der Waals surface area contributed by atoms with Gasteiger partial charge in [0.15, 0.2) is 0 Å². The molecule has 1 saturated carbocycles. The normalized spacial score (nSPS) is 30.4. The second-order valence-corrected chi connectivity index (χ2v) is 7.32. The number of pyridine rings is 1. The van der Waals surface area contributed by atoms with Crippen molar-refractivity contribution in [1.82, 2.24) is 19.7 Å². The molecule has 4 atom stereocenters. The zero-order valence-electron chi connectivity index (χ0n) is 14.5. The van der Waals surface area contributed by atoms with Crippen molar-refractivity contribution >= 4 is 0 Å². The van der Waals surface area contributed by atoms with Crippen molar-refractivity contribution in [2.45, 2.75) is 38.5 Å². The van der Waals surface area contributed by atoms with E-state index in [0.29, 0.717) is 6.04 Å². The first-order chi connectivity index (χ1) is 11.7. The second kappa shape index (κ2) is 6.65. The van der Waals surface area contributed by atoms with Gasteiger partial charge < -0.3 is 4.74 Å². The maximum absolute atomic E-state index is 5.82. The van der Waals surface area contributed by atoms with E-state index >= 15 is 0 Å². The molecule has 4 rings (SSSR count). The summed E-state index contributed by atoms with van der Waals surface area (Å²) in [6.45, 7) is 5.53. The van der Waals surface area contributed by atoms with Gasteiger partial charge in [-0.2, -0.15) is 5.10 Å². The molecule has 0 aromatic carbocycles. The zero-order valence-corrected chi connectivity index (χ0v) is 14.5. The van der Waals surface area contributed by atoms with Crippen molar-refractivity contribution < 1.29 is 4.74 Å². The predicted octanol–water partition coefficient (Wildman–Crippen LogP) is 2.68. The molecule has 2 aromatic heterocycles. The predicted molar refractivity (Wildman–Crippen MR) is 92.5 cm³/mol. The molecule has 2 fully saturated rings. The Morgan fingerprint density at radius 1 is 1.21 bits per heavy atom. The lowest BCUT2D eigenvalue weighted by Gasteiger charge is -2.37. The van der Waals surface area contributed by atoms with E-state index in [1.165, 1.54) is 24.2 Å². The summed E-state index contributed by atoms with van der Waals surface area (Å²) in [7, 11) is 1.84. The average Bonchev–Trinajstić information content (AvgIpc) is 3.24. The molecule has 0 N–H and O–H groups in total. The molecule has 1 aliphatic heterocycles. The summed E-state index contributed by atoms with van der Waals surface area (Å²) in [5, 5.41) is 4.47. The van der Waals surface area contributed by atoms with Gasteiger partial charge in [0.2, 0.25) is 0 Å². The van der Waals surface area contributed by atoms with E-state index in [1.807, 2.05) is 31.8 Å². The fourth-order valence-corrected chi connectivity index (χ4v) is 4.53. The van der Waals surface area contributed by atoms with Crippen LogP contribution in [0.3, 0.4) is 0 Å². The topological polar surface area (TPSA) is 43.2 Å². The van der Waals surface area contributed by atoms with Crippen LogP contribution in [-0.4, -0.2) is 46.0 Å². The quantitative estimate of drug-likeness (QED) is 0.866. The van der Waals surface area contributed by atoms with Gasteiger partial charge in [0.05, 0.1) is 12.1 Å². The van der Waals surface area contributed by atoms with Gasteiger partial charge in [-0.1, -0.05) is 0 Å². The van der Waals surface area contributed by atoms with E-state index in [0.717, 1.165) is 31.2 Å². The summed E-state index contributed by atoms with van der Waals surface area (Å²) < 4.78 is 7.91. The van der Waals surface area contributed by atoms with Gasteiger partial charge in [-0.05, 0) is 54.9 Å². The maximum atomic E-state index is 5.82. The monoisotopic (exact) mass is 326 g/mol. The third-order valence-electron chi connectivity index (χ3n) is 5.87. The van der Waals surface area contributed by atoms with Crippen LogP contribution in [0.5, 0.6) is 0 Å². The van der Waals surface area contributed by atoms with Crippen LogP contribution in [0.15, 0.2) is 36.9 Å². The number of likely N-dealkylation sites (tertiary alicyclic amines) is 1. The fraction of sp³-hybridized carbons (Fsp3) is 0.579. The molecule has 0 radical (unpaired) electrons. The van der Waals surface area contributed by atoms with E-state index in [2.05, 4.69) is 38.9 Å². The molecule has 128 valence electrons. The molecular formula is C19H26N4O. The van der Waals surface area contributed by atoms with Gasteiger partial charge in [-0.15, -0.1) is 0 Å². The van der Waals surface area contributed by atoms with Crippen LogP contribution >= 0.6 is 0 Å². The van der Waals surface area contributed by atoms with E-state index in [9.17, 15) is 0 Å². The smallest absolute Gasteiger partial charge is 0.0798 e. The van der Waals surface area contributed by atoms with Crippen molar-refractivity contribution in [3.8, 4) is 0 Å². The summed E-state index contributed by atoms with van der Waals surface area (Å²) in [5.41, 5.74) is 2.69. The van der Waals surface area contributed by atoms with Gasteiger partial charge in [0, 0.05) is 51.5 Å². The molecule has 0 unspecified atom stereocenters. The number of hydrogen-bond acceptors (Lipinski definition) is 4. The number of methoxy groups -OCH3 is 1. The molecule has 0 spiro atoms. The minimum Gasteiger partial charge on any atom is -0.379 e. The van der Waals surface area contributed by atoms with Crippen LogP contribution in [0.4, 0.5) is 0 Å². The highest BCUT2D eigenvalue weighted by atomic mass is 16.5. The minimum atomic E-state index is 0.270. The fourth-order valence-electron chi connectivity index (χ4n) is 4.53. The van der Waals surface area contributed by atoms with Crippen LogP contribution < -0.4 is 0 Å². The first-order valence-electron chi connectivity index (χ1n) is 8.88. The highest BCUT2D eigenvalue weighted by Crippen LogP contribution is 2.42. The molecule has 1 aliphatic carbocycles. The Balaban J connectivity index is 1.46. The number of aryl methyl sites for hydroxylation is 1. The van der Waals surface area contributed by atoms with Gasteiger partial charge in [-0.3, -0.25) is 14.6 Å². The number of nitrogens with zero attached hydrogens (tertiary/aromatic N) is 4.